The Hall–Kier alpha value is -3.48. The van der Waals surface area contributed by atoms with E-state index in [1.807, 2.05) is 31.2 Å². The SMILES string of the molecule is Cc1oc2nc[nH]c(=O)c2c1C(=O)N[C@H](C)c1cccc2cnccc12. The molecule has 3 aromatic heterocycles. The highest BCUT2D eigenvalue weighted by atomic mass is 16.3. The van der Waals surface area contributed by atoms with Crippen LogP contribution in [0.4, 0.5) is 0 Å². The van der Waals surface area contributed by atoms with Gasteiger partial charge in [-0.05, 0) is 30.9 Å². The zero-order valence-electron chi connectivity index (χ0n) is 14.2. The topological polar surface area (TPSA) is 101 Å². The third-order valence-corrected chi connectivity index (χ3v) is 4.43. The smallest absolute Gasteiger partial charge is 0.262 e. The first-order valence-electron chi connectivity index (χ1n) is 8.16. The van der Waals surface area contributed by atoms with Crippen LogP contribution < -0.4 is 10.9 Å². The summed E-state index contributed by atoms with van der Waals surface area (Å²) in [6.07, 6.45) is 4.76. The van der Waals surface area contributed by atoms with Gasteiger partial charge in [0.2, 0.25) is 5.71 Å². The zero-order valence-corrected chi connectivity index (χ0v) is 14.2. The van der Waals surface area contributed by atoms with E-state index in [9.17, 15) is 9.59 Å². The van der Waals surface area contributed by atoms with Gasteiger partial charge in [-0.15, -0.1) is 0 Å². The Kier molecular flexibility index (Phi) is 3.76. The number of carbonyl (C=O) groups is 1. The monoisotopic (exact) mass is 348 g/mol. The van der Waals surface area contributed by atoms with Crippen LogP contribution in [-0.4, -0.2) is 20.9 Å². The molecule has 26 heavy (non-hydrogen) atoms. The molecule has 0 saturated heterocycles. The first-order chi connectivity index (χ1) is 12.6. The second-order valence-corrected chi connectivity index (χ2v) is 6.08. The molecule has 7 heteroatoms. The van der Waals surface area contributed by atoms with Crippen molar-refractivity contribution in [2.75, 3.05) is 0 Å². The lowest BCUT2D eigenvalue weighted by atomic mass is 10.0. The van der Waals surface area contributed by atoms with Crippen LogP contribution in [0.2, 0.25) is 0 Å². The molecule has 0 spiro atoms. The Bertz CT molecular complexity index is 1190. The van der Waals surface area contributed by atoms with Gasteiger partial charge < -0.3 is 14.7 Å². The number of rotatable bonds is 3. The molecule has 0 aliphatic carbocycles. The summed E-state index contributed by atoms with van der Waals surface area (Å²) in [5.74, 6) is -0.0191. The maximum atomic E-state index is 12.8. The normalized spacial score (nSPS) is 12.4. The van der Waals surface area contributed by atoms with Gasteiger partial charge in [0.1, 0.15) is 11.1 Å². The largest absolute Gasteiger partial charge is 0.442 e. The fourth-order valence-electron chi connectivity index (χ4n) is 3.20. The molecular formula is C19H16N4O3. The third kappa shape index (κ3) is 2.54. The number of amides is 1. The number of pyridine rings is 1. The van der Waals surface area contributed by atoms with Crippen LogP contribution in [0, 0.1) is 6.92 Å². The Morgan fingerprint density at radius 2 is 2.15 bits per heavy atom. The quantitative estimate of drug-likeness (QED) is 0.593. The predicted molar refractivity (Wildman–Crippen MR) is 97.0 cm³/mol. The van der Waals surface area contributed by atoms with E-state index >= 15 is 0 Å². The van der Waals surface area contributed by atoms with Crippen LogP contribution in [0.15, 0.2) is 52.2 Å². The molecule has 0 aliphatic heterocycles. The van der Waals surface area contributed by atoms with Crippen LogP contribution in [0.5, 0.6) is 0 Å². The molecule has 7 nitrogen and oxygen atoms in total. The number of hydrogen-bond acceptors (Lipinski definition) is 5. The summed E-state index contributed by atoms with van der Waals surface area (Å²) in [5, 5.41) is 5.13. The molecule has 1 aromatic carbocycles. The molecule has 1 atom stereocenters. The average molecular weight is 348 g/mol. The summed E-state index contributed by atoms with van der Waals surface area (Å²) < 4.78 is 5.46. The van der Waals surface area contributed by atoms with Gasteiger partial charge in [0.25, 0.3) is 11.5 Å². The number of aryl methyl sites for hydroxylation is 1. The van der Waals surface area contributed by atoms with Gasteiger partial charge >= 0.3 is 0 Å². The van der Waals surface area contributed by atoms with Crippen LogP contribution in [0.25, 0.3) is 21.9 Å². The number of nitrogens with zero attached hydrogens (tertiary/aromatic N) is 2. The lowest BCUT2D eigenvalue weighted by Gasteiger charge is -2.16. The number of H-pyrrole nitrogens is 1. The Morgan fingerprint density at radius 1 is 1.31 bits per heavy atom. The first kappa shape index (κ1) is 16.0. The van der Waals surface area contributed by atoms with Crippen molar-refractivity contribution in [3.63, 3.8) is 0 Å². The third-order valence-electron chi connectivity index (χ3n) is 4.43. The van der Waals surface area contributed by atoms with Crippen LogP contribution in [0.1, 0.15) is 34.6 Å². The van der Waals surface area contributed by atoms with Crippen molar-refractivity contribution in [1.82, 2.24) is 20.3 Å². The van der Waals surface area contributed by atoms with E-state index in [2.05, 4.69) is 20.3 Å². The van der Waals surface area contributed by atoms with Crippen LogP contribution in [-0.2, 0) is 0 Å². The lowest BCUT2D eigenvalue weighted by molar-refractivity contribution is 0.0940. The van der Waals surface area contributed by atoms with Gasteiger partial charge in [-0.3, -0.25) is 14.6 Å². The van der Waals surface area contributed by atoms with Crippen molar-refractivity contribution in [2.45, 2.75) is 19.9 Å². The van der Waals surface area contributed by atoms with E-state index in [4.69, 9.17) is 4.42 Å². The summed E-state index contributed by atoms with van der Waals surface area (Å²) in [6.45, 7) is 3.54. The number of benzene rings is 1. The molecule has 0 saturated carbocycles. The molecule has 2 N–H and O–H groups in total. The summed E-state index contributed by atoms with van der Waals surface area (Å²) in [7, 11) is 0. The fourth-order valence-corrected chi connectivity index (χ4v) is 3.20. The van der Waals surface area contributed by atoms with Crippen molar-refractivity contribution in [3.8, 4) is 0 Å². The molecular weight excluding hydrogens is 332 g/mol. The number of aromatic amines is 1. The summed E-state index contributed by atoms with van der Waals surface area (Å²) in [5.41, 5.74) is 0.931. The summed E-state index contributed by atoms with van der Waals surface area (Å²) in [4.78, 5) is 35.5. The Labute approximate surface area is 148 Å². The number of aromatic nitrogens is 3. The lowest BCUT2D eigenvalue weighted by Crippen LogP contribution is -2.28. The molecule has 130 valence electrons. The fraction of sp³-hybridized carbons (Fsp3) is 0.158. The maximum absolute atomic E-state index is 12.8. The average Bonchev–Trinajstić information content (AvgIpc) is 2.98. The van der Waals surface area contributed by atoms with Crippen molar-refractivity contribution >= 4 is 27.8 Å². The standard InChI is InChI=1S/C19H16N4O3/c1-10(13-5-3-4-12-8-20-7-6-14(12)13)23-18(25)15-11(2)26-19-16(15)17(24)21-9-22-19/h3-10H,1-2H3,(H,23,25)(H,21,22,24)/t10-/m1/s1. The van der Waals surface area contributed by atoms with Gasteiger partial charge in [0.15, 0.2) is 0 Å². The highest BCUT2D eigenvalue weighted by Gasteiger charge is 2.23. The number of carbonyl (C=O) groups excluding carboxylic acids is 1. The van der Waals surface area contributed by atoms with Crippen molar-refractivity contribution in [3.05, 3.63) is 70.2 Å². The molecule has 1 amide bonds. The van der Waals surface area contributed by atoms with E-state index in [0.717, 1.165) is 16.3 Å². The van der Waals surface area contributed by atoms with Crippen molar-refractivity contribution < 1.29 is 9.21 Å². The minimum absolute atomic E-state index is 0.153. The second-order valence-electron chi connectivity index (χ2n) is 6.08. The molecule has 0 unspecified atom stereocenters. The molecule has 0 aliphatic rings. The summed E-state index contributed by atoms with van der Waals surface area (Å²) >= 11 is 0. The molecule has 0 bridgehead atoms. The summed E-state index contributed by atoms with van der Waals surface area (Å²) in [6, 6.07) is 7.50. The molecule has 0 radical (unpaired) electrons. The number of fused-ring (bicyclic) bond motifs is 2. The van der Waals surface area contributed by atoms with Gasteiger partial charge in [-0.2, -0.15) is 0 Å². The van der Waals surface area contributed by atoms with E-state index in [1.165, 1.54) is 6.33 Å². The highest BCUT2D eigenvalue weighted by molar-refractivity contribution is 6.06. The van der Waals surface area contributed by atoms with Gasteiger partial charge in [-0.25, -0.2) is 4.98 Å². The van der Waals surface area contributed by atoms with Gasteiger partial charge in [0.05, 0.1) is 17.9 Å². The Morgan fingerprint density at radius 3 is 3.00 bits per heavy atom. The van der Waals surface area contributed by atoms with Crippen molar-refractivity contribution in [2.24, 2.45) is 0 Å². The zero-order chi connectivity index (χ0) is 18.3. The number of furan rings is 1. The second kappa shape index (κ2) is 6.11. The van der Waals surface area contributed by atoms with Crippen LogP contribution in [0.3, 0.4) is 0 Å². The van der Waals surface area contributed by atoms with E-state index in [0.29, 0.717) is 5.76 Å². The first-order valence-corrected chi connectivity index (χ1v) is 8.16. The predicted octanol–water partition coefficient (Wildman–Crippen LogP) is 2.86. The van der Waals surface area contributed by atoms with Crippen molar-refractivity contribution in [1.29, 1.82) is 0 Å². The van der Waals surface area contributed by atoms with Crippen LogP contribution >= 0.6 is 0 Å². The van der Waals surface area contributed by atoms with E-state index in [-0.39, 0.29) is 28.6 Å². The van der Waals surface area contributed by atoms with E-state index < -0.39 is 5.56 Å². The maximum Gasteiger partial charge on any atom is 0.262 e. The number of hydrogen-bond donors (Lipinski definition) is 2. The van der Waals surface area contributed by atoms with Gasteiger partial charge in [0, 0.05) is 17.8 Å². The minimum Gasteiger partial charge on any atom is -0.442 e. The highest BCUT2D eigenvalue weighted by Crippen LogP contribution is 2.25. The minimum atomic E-state index is -0.402. The molecule has 3 heterocycles. The van der Waals surface area contributed by atoms with E-state index in [1.54, 1.807) is 19.3 Å². The molecule has 0 fully saturated rings. The molecule has 4 rings (SSSR count). The Balaban J connectivity index is 1.73. The molecule has 4 aromatic rings. The van der Waals surface area contributed by atoms with Gasteiger partial charge in [-0.1, -0.05) is 18.2 Å². The number of nitrogens with one attached hydrogen (secondary N) is 2.